The second kappa shape index (κ2) is 10.1. The number of carbonyl (C=O) groups excluding carboxylic acids is 4. The van der Waals surface area contributed by atoms with Gasteiger partial charge in [-0.1, -0.05) is 35.9 Å². The molecule has 0 bridgehead atoms. The summed E-state index contributed by atoms with van der Waals surface area (Å²) in [5.41, 5.74) is 2.54. The molecule has 4 rings (SSSR count). The van der Waals surface area contributed by atoms with Crippen molar-refractivity contribution in [3.8, 4) is 5.75 Å². The molecule has 1 aliphatic heterocycles. The lowest BCUT2D eigenvalue weighted by Gasteiger charge is -2.16. The van der Waals surface area contributed by atoms with Crippen LogP contribution >= 0.6 is 0 Å². The summed E-state index contributed by atoms with van der Waals surface area (Å²) in [4.78, 5) is 50.9. The highest BCUT2D eigenvalue weighted by molar-refractivity contribution is 6.01. The van der Waals surface area contributed by atoms with Crippen LogP contribution in [0.5, 0.6) is 5.75 Å². The van der Waals surface area contributed by atoms with E-state index in [1.54, 1.807) is 35.2 Å². The lowest BCUT2D eigenvalue weighted by atomic mass is 10.1. The summed E-state index contributed by atoms with van der Waals surface area (Å²) in [6.45, 7) is 1.74. The number of amides is 1. The Balaban J connectivity index is 1.28. The predicted molar refractivity (Wildman–Crippen MR) is 125 cm³/mol. The maximum atomic E-state index is 12.5. The Bertz CT molecular complexity index is 1200. The second-order valence-electron chi connectivity index (χ2n) is 8.05. The number of aryl methyl sites for hydroxylation is 1. The molecule has 3 aromatic carbocycles. The van der Waals surface area contributed by atoms with E-state index < -0.39 is 30.2 Å². The average molecular weight is 457 g/mol. The molecule has 0 aliphatic carbocycles. The Morgan fingerprint density at radius 1 is 0.882 bits per heavy atom. The van der Waals surface area contributed by atoms with Crippen LogP contribution in [-0.2, 0) is 14.3 Å². The zero-order valence-electron chi connectivity index (χ0n) is 18.6. The van der Waals surface area contributed by atoms with Crippen molar-refractivity contribution in [2.75, 3.05) is 18.1 Å². The second-order valence-corrected chi connectivity index (χ2v) is 8.05. The number of hydrogen-bond donors (Lipinski definition) is 0. The lowest BCUT2D eigenvalue weighted by Crippen LogP contribution is -2.27. The van der Waals surface area contributed by atoms with Gasteiger partial charge in [0.25, 0.3) is 0 Å². The Labute approximate surface area is 196 Å². The normalized spacial score (nSPS) is 15.1. The molecular formula is C27H23NO6. The Morgan fingerprint density at radius 3 is 2.24 bits per heavy atom. The summed E-state index contributed by atoms with van der Waals surface area (Å²) < 4.78 is 10.5. The molecule has 1 amide bonds. The minimum Gasteiger partial charge on any atom is -0.457 e. The third kappa shape index (κ3) is 5.38. The van der Waals surface area contributed by atoms with E-state index in [1.807, 2.05) is 31.2 Å². The maximum absolute atomic E-state index is 12.5. The molecule has 34 heavy (non-hydrogen) atoms. The zero-order chi connectivity index (χ0) is 24.1. The molecule has 0 N–H and O–H groups in total. The van der Waals surface area contributed by atoms with Crippen LogP contribution in [0.15, 0.2) is 78.9 Å². The minimum absolute atomic E-state index is 0.0440. The van der Waals surface area contributed by atoms with E-state index in [0.717, 1.165) is 11.3 Å². The maximum Gasteiger partial charge on any atom is 0.343 e. The molecule has 1 aliphatic rings. The molecule has 0 radical (unpaired) electrons. The van der Waals surface area contributed by atoms with Crippen LogP contribution in [0.2, 0.25) is 0 Å². The van der Waals surface area contributed by atoms with Gasteiger partial charge in [-0.05, 0) is 55.5 Å². The van der Waals surface area contributed by atoms with Gasteiger partial charge in [0.1, 0.15) is 5.75 Å². The van der Waals surface area contributed by atoms with Crippen molar-refractivity contribution in [1.82, 2.24) is 0 Å². The molecular weight excluding hydrogens is 434 g/mol. The lowest BCUT2D eigenvalue weighted by molar-refractivity contribution is -0.147. The third-order valence-electron chi connectivity index (χ3n) is 5.55. The number of ether oxygens (including phenoxy) is 2. The quantitative estimate of drug-likeness (QED) is 0.303. The topological polar surface area (TPSA) is 90.0 Å². The van der Waals surface area contributed by atoms with Gasteiger partial charge in [-0.15, -0.1) is 0 Å². The number of esters is 2. The van der Waals surface area contributed by atoms with Crippen LogP contribution in [0, 0.1) is 12.8 Å². The molecule has 0 unspecified atom stereocenters. The Morgan fingerprint density at radius 2 is 1.56 bits per heavy atom. The minimum atomic E-state index is -0.624. The molecule has 7 nitrogen and oxygen atoms in total. The van der Waals surface area contributed by atoms with Crippen LogP contribution in [0.25, 0.3) is 0 Å². The molecule has 0 saturated carbocycles. The van der Waals surface area contributed by atoms with E-state index in [9.17, 15) is 19.2 Å². The Hall–Kier alpha value is -4.26. The number of hydrogen-bond acceptors (Lipinski definition) is 6. The standard InChI is InChI=1S/C27H23NO6/c1-18-7-11-22(12-8-18)28-16-21(15-25(28)30)26(31)33-17-24(29)19-9-13-23(14-10-19)34-27(32)20-5-3-2-4-6-20/h2-14,21H,15-17H2,1H3/t21-/m0/s1. The van der Waals surface area contributed by atoms with Crippen molar-refractivity contribution in [2.45, 2.75) is 13.3 Å². The van der Waals surface area contributed by atoms with Crippen LogP contribution in [0.1, 0.15) is 32.7 Å². The molecule has 172 valence electrons. The molecule has 1 saturated heterocycles. The zero-order valence-corrected chi connectivity index (χ0v) is 18.6. The Kier molecular flexibility index (Phi) is 6.82. The first-order valence-electron chi connectivity index (χ1n) is 10.8. The average Bonchev–Trinajstić information content (AvgIpc) is 3.25. The number of nitrogens with zero attached hydrogens (tertiary/aromatic N) is 1. The number of carbonyl (C=O) groups is 4. The van der Waals surface area contributed by atoms with Gasteiger partial charge in [-0.3, -0.25) is 14.4 Å². The summed E-state index contributed by atoms with van der Waals surface area (Å²) in [6, 6.07) is 22.1. The van der Waals surface area contributed by atoms with E-state index in [0.29, 0.717) is 16.9 Å². The first-order chi connectivity index (χ1) is 16.4. The summed E-state index contributed by atoms with van der Waals surface area (Å²) in [5, 5.41) is 0. The highest BCUT2D eigenvalue weighted by Crippen LogP contribution is 2.26. The van der Waals surface area contributed by atoms with E-state index in [-0.39, 0.29) is 18.9 Å². The summed E-state index contributed by atoms with van der Waals surface area (Å²) in [6.07, 6.45) is 0.0440. The van der Waals surface area contributed by atoms with Gasteiger partial charge in [0.2, 0.25) is 5.91 Å². The van der Waals surface area contributed by atoms with Gasteiger partial charge < -0.3 is 14.4 Å². The van der Waals surface area contributed by atoms with E-state index in [4.69, 9.17) is 9.47 Å². The summed E-state index contributed by atoms with van der Waals surface area (Å²) in [5.74, 6) is -1.96. The SMILES string of the molecule is Cc1ccc(N2C[C@@H](C(=O)OCC(=O)c3ccc(OC(=O)c4ccccc4)cc3)CC2=O)cc1. The number of benzene rings is 3. The number of rotatable bonds is 7. The van der Waals surface area contributed by atoms with Gasteiger partial charge in [0, 0.05) is 24.2 Å². The number of Topliss-reactive ketones (excluding diaryl/α,β-unsaturated/α-hetero) is 1. The largest absolute Gasteiger partial charge is 0.457 e. The van der Waals surface area contributed by atoms with E-state index in [1.165, 1.54) is 24.3 Å². The third-order valence-corrected chi connectivity index (χ3v) is 5.55. The molecule has 0 spiro atoms. The smallest absolute Gasteiger partial charge is 0.343 e. The van der Waals surface area contributed by atoms with Crippen LogP contribution in [0.3, 0.4) is 0 Å². The van der Waals surface area contributed by atoms with Crippen molar-refractivity contribution in [3.05, 3.63) is 95.6 Å². The first-order valence-corrected chi connectivity index (χ1v) is 10.8. The first kappa shape index (κ1) is 22.9. The van der Waals surface area contributed by atoms with E-state index in [2.05, 4.69) is 0 Å². The fraction of sp³-hybridized carbons (Fsp3) is 0.185. The van der Waals surface area contributed by atoms with Crippen LogP contribution in [-0.4, -0.2) is 36.8 Å². The summed E-state index contributed by atoms with van der Waals surface area (Å²) in [7, 11) is 0. The van der Waals surface area contributed by atoms with Gasteiger partial charge in [0.15, 0.2) is 12.4 Å². The number of ketones is 1. The highest BCUT2D eigenvalue weighted by atomic mass is 16.5. The summed E-state index contributed by atoms with van der Waals surface area (Å²) >= 11 is 0. The highest BCUT2D eigenvalue weighted by Gasteiger charge is 2.36. The molecule has 0 aromatic heterocycles. The number of anilines is 1. The van der Waals surface area contributed by atoms with Crippen molar-refractivity contribution >= 4 is 29.3 Å². The van der Waals surface area contributed by atoms with Gasteiger partial charge in [-0.25, -0.2) is 4.79 Å². The molecule has 1 heterocycles. The fourth-order valence-electron chi connectivity index (χ4n) is 3.63. The van der Waals surface area contributed by atoms with Crippen molar-refractivity contribution in [2.24, 2.45) is 5.92 Å². The molecule has 1 fully saturated rings. The van der Waals surface area contributed by atoms with Crippen molar-refractivity contribution in [3.63, 3.8) is 0 Å². The fourth-order valence-corrected chi connectivity index (χ4v) is 3.63. The monoisotopic (exact) mass is 457 g/mol. The van der Waals surface area contributed by atoms with Gasteiger partial charge in [0.05, 0.1) is 11.5 Å². The van der Waals surface area contributed by atoms with Crippen molar-refractivity contribution < 1.29 is 28.7 Å². The van der Waals surface area contributed by atoms with Gasteiger partial charge >= 0.3 is 11.9 Å². The predicted octanol–water partition coefficient (Wildman–Crippen LogP) is 3.99. The van der Waals surface area contributed by atoms with Crippen molar-refractivity contribution in [1.29, 1.82) is 0 Å². The van der Waals surface area contributed by atoms with E-state index >= 15 is 0 Å². The van der Waals surface area contributed by atoms with Crippen LogP contribution < -0.4 is 9.64 Å². The molecule has 7 heteroatoms. The van der Waals surface area contributed by atoms with Gasteiger partial charge in [-0.2, -0.15) is 0 Å². The molecule has 1 atom stereocenters. The van der Waals surface area contributed by atoms with Crippen LogP contribution in [0.4, 0.5) is 5.69 Å². The molecule has 3 aromatic rings.